The Bertz CT molecular complexity index is 118. The standard InChI is InChI=1S/C8H16O4/c1-4-7(9)12-8(10-5-2)11-6-3/h8H,4-6H2,1-3H3. The Morgan fingerprint density at radius 2 is 1.67 bits per heavy atom. The van der Waals surface area contributed by atoms with Crippen LogP contribution >= 0.6 is 0 Å². The van der Waals surface area contributed by atoms with Gasteiger partial charge in [0.15, 0.2) is 0 Å². The summed E-state index contributed by atoms with van der Waals surface area (Å²) < 4.78 is 14.8. The fourth-order valence-corrected chi connectivity index (χ4v) is 0.579. The Balaban J connectivity index is 3.68. The minimum Gasteiger partial charge on any atom is -0.410 e. The predicted molar refractivity (Wildman–Crippen MR) is 43.4 cm³/mol. The molecule has 12 heavy (non-hydrogen) atoms. The second-order valence-corrected chi connectivity index (χ2v) is 2.04. The van der Waals surface area contributed by atoms with Gasteiger partial charge in [0.2, 0.25) is 0 Å². The molecule has 0 atom stereocenters. The van der Waals surface area contributed by atoms with E-state index >= 15 is 0 Å². The fourth-order valence-electron chi connectivity index (χ4n) is 0.579. The van der Waals surface area contributed by atoms with Gasteiger partial charge < -0.3 is 14.2 Å². The smallest absolute Gasteiger partial charge is 0.318 e. The van der Waals surface area contributed by atoms with E-state index in [-0.39, 0.29) is 5.97 Å². The zero-order valence-corrected chi connectivity index (χ0v) is 7.83. The quantitative estimate of drug-likeness (QED) is 0.452. The van der Waals surface area contributed by atoms with Gasteiger partial charge in [0, 0.05) is 6.42 Å². The van der Waals surface area contributed by atoms with E-state index in [1.165, 1.54) is 0 Å². The maximum absolute atomic E-state index is 10.8. The lowest BCUT2D eigenvalue weighted by Crippen LogP contribution is -2.24. The summed E-state index contributed by atoms with van der Waals surface area (Å²) >= 11 is 0. The first-order valence-corrected chi connectivity index (χ1v) is 4.17. The molecule has 0 spiro atoms. The van der Waals surface area contributed by atoms with Crippen molar-refractivity contribution in [1.29, 1.82) is 0 Å². The third kappa shape index (κ3) is 5.09. The highest BCUT2D eigenvalue weighted by Gasteiger charge is 2.11. The van der Waals surface area contributed by atoms with Gasteiger partial charge >= 0.3 is 12.4 Å². The molecule has 0 unspecified atom stereocenters. The van der Waals surface area contributed by atoms with Gasteiger partial charge in [-0.25, -0.2) is 0 Å². The van der Waals surface area contributed by atoms with Crippen LogP contribution in [0.2, 0.25) is 0 Å². The van der Waals surface area contributed by atoms with Gasteiger partial charge in [-0.15, -0.1) is 0 Å². The Kier molecular flexibility index (Phi) is 6.70. The first-order valence-electron chi connectivity index (χ1n) is 4.17. The minimum atomic E-state index is -0.840. The van der Waals surface area contributed by atoms with Crippen LogP contribution in [0.25, 0.3) is 0 Å². The van der Waals surface area contributed by atoms with E-state index in [1.54, 1.807) is 6.92 Å². The molecule has 0 rings (SSSR count). The second-order valence-electron chi connectivity index (χ2n) is 2.04. The van der Waals surface area contributed by atoms with Gasteiger partial charge in [-0.1, -0.05) is 6.92 Å². The molecule has 0 radical (unpaired) electrons. The molecule has 0 N–H and O–H groups in total. The largest absolute Gasteiger partial charge is 0.410 e. The van der Waals surface area contributed by atoms with Crippen LogP contribution < -0.4 is 0 Å². The molecule has 0 fully saturated rings. The summed E-state index contributed by atoms with van der Waals surface area (Å²) in [6.07, 6.45) is 0.330. The molecule has 4 heteroatoms. The van der Waals surface area contributed by atoms with Crippen molar-refractivity contribution in [2.75, 3.05) is 13.2 Å². The third-order valence-electron chi connectivity index (χ3n) is 1.12. The lowest BCUT2D eigenvalue weighted by atomic mass is 10.5. The third-order valence-corrected chi connectivity index (χ3v) is 1.12. The van der Waals surface area contributed by atoms with Gasteiger partial charge in [-0.2, -0.15) is 0 Å². The predicted octanol–water partition coefficient (Wildman–Crippen LogP) is 1.30. The summed E-state index contributed by atoms with van der Waals surface area (Å²) in [5.74, 6) is -0.318. The van der Waals surface area contributed by atoms with E-state index in [0.29, 0.717) is 19.6 Å². The van der Waals surface area contributed by atoms with Crippen LogP contribution in [0.5, 0.6) is 0 Å². The zero-order valence-electron chi connectivity index (χ0n) is 7.83. The highest BCUT2D eigenvalue weighted by atomic mass is 16.9. The summed E-state index contributed by atoms with van der Waals surface area (Å²) in [4.78, 5) is 10.8. The van der Waals surface area contributed by atoms with Crippen LogP contribution in [-0.2, 0) is 19.0 Å². The van der Waals surface area contributed by atoms with E-state index in [0.717, 1.165) is 0 Å². The van der Waals surface area contributed by atoms with Crippen molar-refractivity contribution in [1.82, 2.24) is 0 Å². The summed E-state index contributed by atoms with van der Waals surface area (Å²) in [6.45, 7) is 5.42. The Morgan fingerprint density at radius 3 is 2.00 bits per heavy atom. The van der Waals surface area contributed by atoms with Crippen molar-refractivity contribution >= 4 is 5.97 Å². The molecule has 72 valence electrons. The monoisotopic (exact) mass is 176 g/mol. The van der Waals surface area contributed by atoms with Crippen LogP contribution in [0, 0.1) is 0 Å². The van der Waals surface area contributed by atoms with Crippen molar-refractivity contribution in [2.24, 2.45) is 0 Å². The Hall–Kier alpha value is -0.610. The topological polar surface area (TPSA) is 44.8 Å². The van der Waals surface area contributed by atoms with E-state index in [2.05, 4.69) is 0 Å². The molecule has 0 saturated heterocycles. The molecule has 0 heterocycles. The minimum absolute atomic E-state index is 0.318. The molecule has 0 aromatic carbocycles. The number of carbonyl (C=O) groups excluding carboxylic acids is 1. The van der Waals surface area contributed by atoms with Gasteiger partial charge in [0.1, 0.15) is 0 Å². The lowest BCUT2D eigenvalue weighted by molar-refractivity contribution is -0.272. The molecule has 0 aliphatic heterocycles. The molecule has 0 saturated carbocycles. The van der Waals surface area contributed by atoms with E-state index in [1.807, 2.05) is 13.8 Å². The molecule has 0 aromatic heterocycles. The van der Waals surface area contributed by atoms with Crippen molar-refractivity contribution in [3.8, 4) is 0 Å². The zero-order chi connectivity index (χ0) is 9.40. The fraction of sp³-hybridized carbons (Fsp3) is 0.875. The number of esters is 1. The van der Waals surface area contributed by atoms with Crippen LogP contribution in [-0.4, -0.2) is 25.7 Å². The molecule has 0 aromatic rings. The lowest BCUT2D eigenvalue weighted by Gasteiger charge is -2.15. The molecule has 0 aliphatic carbocycles. The molecular weight excluding hydrogens is 160 g/mol. The number of hydrogen-bond acceptors (Lipinski definition) is 4. The maximum Gasteiger partial charge on any atom is 0.318 e. The second kappa shape index (κ2) is 7.06. The van der Waals surface area contributed by atoms with Gasteiger partial charge in [0.05, 0.1) is 13.2 Å². The summed E-state index contributed by atoms with van der Waals surface area (Å²) in [6, 6.07) is 0. The number of hydrogen-bond donors (Lipinski definition) is 0. The highest BCUT2D eigenvalue weighted by Crippen LogP contribution is 1.99. The van der Waals surface area contributed by atoms with Crippen molar-refractivity contribution in [2.45, 2.75) is 33.7 Å². The van der Waals surface area contributed by atoms with E-state index < -0.39 is 6.48 Å². The SMILES string of the molecule is CCOC(OCC)OC(=O)CC. The van der Waals surface area contributed by atoms with E-state index in [9.17, 15) is 4.79 Å². The summed E-state index contributed by atoms with van der Waals surface area (Å²) in [5.41, 5.74) is 0. The van der Waals surface area contributed by atoms with E-state index in [4.69, 9.17) is 14.2 Å². The van der Waals surface area contributed by atoms with Crippen LogP contribution in [0.15, 0.2) is 0 Å². The molecule has 0 aliphatic rings. The van der Waals surface area contributed by atoms with Gasteiger partial charge in [-0.05, 0) is 13.8 Å². The van der Waals surface area contributed by atoms with Crippen molar-refractivity contribution in [3.63, 3.8) is 0 Å². The maximum atomic E-state index is 10.8. The molecule has 0 bridgehead atoms. The van der Waals surface area contributed by atoms with Crippen LogP contribution in [0.3, 0.4) is 0 Å². The van der Waals surface area contributed by atoms with Gasteiger partial charge in [-0.3, -0.25) is 4.79 Å². The molecule has 0 amide bonds. The highest BCUT2D eigenvalue weighted by molar-refractivity contribution is 5.68. The van der Waals surface area contributed by atoms with Crippen molar-refractivity contribution in [3.05, 3.63) is 0 Å². The van der Waals surface area contributed by atoms with Crippen molar-refractivity contribution < 1.29 is 19.0 Å². The summed E-state index contributed by atoms with van der Waals surface area (Å²) in [7, 11) is 0. The van der Waals surface area contributed by atoms with Gasteiger partial charge in [0.25, 0.3) is 0 Å². The first-order chi connectivity index (χ1) is 5.74. The first kappa shape index (κ1) is 11.4. The van der Waals surface area contributed by atoms with Crippen LogP contribution in [0.1, 0.15) is 27.2 Å². The number of carbonyl (C=O) groups is 1. The Morgan fingerprint density at radius 1 is 1.17 bits per heavy atom. The number of rotatable bonds is 6. The number of ether oxygens (including phenoxy) is 3. The van der Waals surface area contributed by atoms with Crippen LogP contribution in [0.4, 0.5) is 0 Å². The molecular formula is C8H16O4. The molecule has 4 nitrogen and oxygen atoms in total. The Labute approximate surface area is 72.8 Å². The normalized spacial score (nSPS) is 10.3. The average Bonchev–Trinajstić information content (AvgIpc) is 2.05. The average molecular weight is 176 g/mol. The summed E-state index contributed by atoms with van der Waals surface area (Å²) in [5, 5.41) is 0.